The topological polar surface area (TPSA) is 43.1 Å². The Morgan fingerprint density at radius 2 is 1.81 bits per heavy atom. The van der Waals surface area contributed by atoms with Gasteiger partial charge in [-0.25, -0.2) is 4.39 Å². The Bertz CT molecular complexity index is 685. The summed E-state index contributed by atoms with van der Waals surface area (Å²) in [6, 6.07) is 8.21. The summed E-state index contributed by atoms with van der Waals surface area (Å²) in [5, 5.41) is 0. The summed E-state index contributed by atoms with van der Waals surface area (Å²) >= 11 is 0.968. The molecule has 0 saturated heterocycles. The maximum Gasteiger partial charge on any atom is 0.416 e. The largest absolute Gasteiger partial charge is 0.416 e. The first-order valence-corrected chi connectivity index (χ1v) is 6.53. The first-order chi connectivity index (χ1) is 9.77. The molecule has 0 aliphatic rings. The van der Waals surface area contributed by atoms with E-state index in [0.29, 0.717) is 11.0 Å². The van der Waals surface area contributed by atoms with Crippen LogP contribution in [0.15, 0.2) is 52.3 Å². The molecule has 0 unspecified atom stereocenters. The van der Waals surface area contributed by atoms with Gasteiger partial charge in [-0.3, -0.25) is 4.79 Å². The minimum Gasteiger partial charge on any atom is -0.366 e. The van der Waals surface area contributed by atoms with Gasteiger partial charge in [-0.1, -0.05) is 17.8 Å². The van der Waals surface area contributed by atoms with Crippen molar-refractivity contribution in [2.75, 3.05) is 0 Å². The van der Waals surface area contributed by atoms with Gasteiger partial charge >= 0.3 is 6.18 Å². The van der Waals surface area contributed by atoms with Crippen LogP contribution in [-0.4, -0.2) is 5.91 Å². The van der Waals surface area contributed by atoms with Gasteiger partial charge in [0.15, 0.2) is 0 Å². The number of carbonyl (C=O) groups excluding carboxylic acids is 1. The average molecular weight is 315 g/mol. The number of nitrogens with two attached hydrogens (primary N) is 1. The fraction of sp³-hybridized carbons (Fsp3) is 0.0714. The number of alkyl halides is 3. The van der Waals surface area contributed by atoms with Crippen LogP contribution < -0.4 is 5.73 Å². The molecule has 110 valence electrons. The molecule has 2 N–H and O–H groups in total. The van der Waals surface area contributed by atoms with E-state index in [4.69, 9.17) is 5.73 Å². The zero-order valence-electron chi connectivity index (χ0n) is 10.4. The van der Waals surface area contributed by atoms with E-state index < -0.39 is 23.5 Å². The Labute approximate surface area is 122 Å². The molecule has 0 fully saturated rings. The molecule has 0 atom stereocenters. The van der Waals surface area contributed by atoms with Crippen molar-refractivity contribution in [3.05, 3.63) is 59.4 Å². The van der Waals surface area contributed by atoms with Crippen LogP contribution in [0.5, 0.6) is 0 Å². The minimum atomic E-state index is -4.56. The highest BCUT2D eigenvalue weighted by molar-refractivity contribution is 7.99. The average Bonchev–Trinajstić information content (AvgIpc) is 2.37. The third-order valence-corrected chi connectivity index (χ3v) is 3.66. The monoisotopic (exact) mass is 315 g/mol. The van der Waals surface area contributed by atoms with Crippen LogP contribution in [0, 0.1) is 5.82 Å². The number of hydrogen-bond donors (Lipinski definition) is 1. The molecule has 0 aliphatic heterocycles. The molecule has 2 aromatic carbocycles. The Balaban J connectivity index is 2.42. The summed E-state index contributed by atoms with van der Waals surface area (Å²) in [6.45, 7) is 0. The summed E-state index contributed by atoms with van der Waals surface area (Å²) < 4.78 is 51.0. The number of benzene rings is 2. The lowest BCUT2D eigenvalue weighted by Gasteiger charge is -2.11. The lowest BCUT2D eigenvalue weighted by molar-refractivity contribution is -0.137. The summed E-state index contributed by atoms with van der Waals surface area (Å²) in [5.41, 5.74) is 3.91. The van der Waals surface area contributed by atoms with E-state index in [9.17, 15) is 22.4 Å². The summed E-state index contributed by atoms with van der Waals surface area (Å²) in [6.07, 6.45) is -4.56. The maximum absolute atomic E-state index is 13.1. The second-order valence-electron chi connectivity index (χ2n) is 4.13. The third-order valence-electron chi connectivity index (χ3n) is 2.60. The Morgan fingerprint density at radius 1 is 1.10 bits per heavy atom. The Kier molecular flexibility index (Phi) is 4.22. The SMILES string of the molecule is NC(=O)c1cc(C(F)(F)F)ccc1Sc1cccc(F)c1. The molecule has 2 rings (SSSR count). The summed E-state index contributed by atoms with van der Waals surface area (Å²) in [7, 11) is 0. The van der Waals surface area contributed by atoms with Crippen LogP contribution in [-0.2, 0) is 6.18 Å². The fourth-order valence-corrected chi connectivity index (χ4v) is 2.62. The molecule has 21 heavy (non-hydrogen) atoms. The summed E-state index contributed by atoms with van der Waals surface area (Å²) in [5.74, 6) is -1.45. The predicted molar refractivity (Wildman–Crippen MR) is 70.5 cm³/mol. The van der Waals surface area contributed by atoms with Crippen molar-refractivity contribution in [1.29, 1.82) is 0 Å². The number of primary amides is 1. The molecule has 0 bridgehead atoms. The number of hydrogen-bond acceptors (Lipinski definition) is 2. The fourth-order valence-electron chi connectivity index (χ4n) is 1.65. The predicted octanol–water partition coefficient (Wildman–Crippen LogP) is 4.09. The van der Waals surface area contributed by atoms with Crippen LogP contribution in [0.1, 0.15) is 15.9 Å². The second kappa shape index (κ2) is 5.77. The van der Waals surface area contributed by atoms with Crippen LogP contribution in [0.3, 0.4) is 0 Å². The lowest BCUT2D eigenvalue weighted by Crippen LogP contribution is -2.14. The highest BCUT2D eigenvalue weighted by Gasteiger charge is 2.31. The highest BCUT2D eigenvalue weighted by Crippen LogP contribution is 2.35. The van der Waals surface area contributed by atoms with Gasteiger partial charge in [0.1, 0.15) is 5.82 Å². The van der Waals surface area contributed by atoms with Crippen molar-refractivity contribution in [3.8, 4) is 0 Å². The van der Waals surface area contributed by atoms with E-state index in [1.165, 1.54) is 18.2 Å². The first kappa shape index (κ1) is 15.4. The van der Waals surface area contributed by atoms with E-state index in [-0.39, 0.29) is 10.5 Å². The van der Waals surface area contributed by atoms with Crippen molar-refractivity contribution >= 4 is 17.7 Å². The van der Waals surface area contributed by atoms with Crippen LogP contribution in [0.25, 0.3) is 0 Å². The van der Waals surface area contributed by atoms with Gasteiger partial charge in [-0.05, 0) is 36.4 Å². The van der Waals surface area contributed by atoms with E-state index in [1.54, 1.807) is 6.07 Å². The second-order valence-corrected chi connectivity index (χ2v) is 5.25. The summed E-state index contributed by atoms with van der Waals surface area (Å²) in [4.78, 5) is 12.0. The van der Waals surface area contributed by atoms with E-state index >= 15 is 0 Å². The molecule has 2 aromatic rings. The Hall–Kier alpha value is -2.02. The van der Waals surface area contributed by atoms with Crippen LogP contribution >= 0.6 is 11.8 Å². The van der Waals surface area contributed by atoms with Gasteiger partial charge in [0.05, 0.1) is 11.1 Å². The normalized spacial score (nSPS) is 11.4. The van der Waals surface area contributed by atoms with Gasteiger partial charge in [0, 0.05) is 9.79 Å². The molecule has 2 nitrogen and oxygen atoms in total. The van der Waals surface area contributed by atoms with E-state index in [1.807, 2.05) is 0 Å². The van der Waals surface area contributed by atoms with Crippen molar-refractivity contribution in [3.63, 3.8) is 0 Å². The van der Waals surface area contributed by atoms with Gasteiger partial charge in [0.25, 0.3) is 0 Å². The molecule has 1 amide bonds. The van der Waals surface area contributed by atoms with Crippen molar-refractivity contribution in [2.45, 2.75) is 16.0 Å². The number of halogens is 4. The molecule has 0 heterocycles. The standard InChI is InChI=1S/C14H9F4NOS/c15-9-2-1-3-10(7-9)21-12-5-4-8(14(16,17)18)6-11(12)13(19)20/h1-7H,(H2,19,20). The lowest BCUT2D eigenvalue weighted by atomic mass is 10.1. The first-order valence-electron chi connectivity index (χ1n) is 5.72. The minimum absolute atomic E-state index is 0.237. The zero-order valence-corrected chi connectivity index (χ0v) is 11.3. The molecule has 0 spiro atoms. The maximum atomic E-state index is 13.1. The van der Waals surface area contributed by atoms with Crippen LogP contribution in [0.2, 0.25) is 0 Å². The van der Waals surface area contributed by atoms with Crippen molar-refractivity contribution in [1.82, 2.24) is 0 Å². The number of carbonyl (C=O) groups is 1. The molecule has 0 aromatic heterocycles. The van der Waals surface area contributed by atoms with Crippen LogP contribution in [0.4, 0.5) is 17.6 Å². The molecular formula is C14H9F4NOS. The van der Waals surface area contributed by atoms with Crippen molar-refractivity contribution in [2.24, 2.45) is 5.73 Å². The third kappa shape index (κ3) is 3.75. The van der Waals surface area contributed by atoms with Gasteiger partial charge in [-0.2, -0.15) is 13.2 Å². The quantitative estimate of drug-likeness (QED) is 0.867. The van der Waals surface area contributed by atoms with Gasteiger partial charge in [-0.15, -0.1) is 0 Å². The van der Waals surface area contributed by atoms with Crippen molar-refractivity contribution < 1.29 is 22.4 Å². The van der Waals surface area contributed by atoms with Gasteiger partial charge < -0.3 is 5.73 Å². The number of amides is 1. The smallest absolute Gasteiger partial charge is 0.366 e. The zero-order chi connectivity index (χ0) is 15.6. The molecule has 0 radical (unpaired) electrons. The molecule has 0 saturated carbocycles. The molecule has 0 aliphatic carbocycles. The molecular weight excluding hydrogens is 306 g/mol. The molecule has 7 heteroatoms. The van der Waals surface area contributed by atoms with E-state index in [0.717, 1.165) is 23.9 Å². The Morgan fingerprint density at radius 3 is 2.38 bits per heavy atom. The number of rotatable bonds is 3. The highest BCUT2D eigenvalue weighted by atomic mass is 32.2. The van der Waals surface area contributed by atoms with E-state index in [2.05, 4.69) is 0 Å². The van der Waals surface area contributed by atoms with Gasteiger partial charge in [0.2, 0.25) is 5.91 Å².